The van der Waals surface area contributed by atoms with Crippen LogP contribution in [0, 0.1) is 5.82 Å². The summed E-state index contributed by atoms with van der Waals surface area (Å²) in [6.45, 7) is 3.36. The minimum absolute atomic E-state index is 0.0133. The van der Waals surface area contributed by atoms with Gasteiger partial charge in [-0.3, -0.25) is 4.90 Å². The summed E-state index contributed by atoms with van der Waals surface area (Å²) in [5.41, 5.74) is 0.968. The van der Waals surface area contributed by atoms with Crippen molar-refractivity contribution in [3.8, 4) is 0 Å². The summed E-state index contributed by atoms with van der Waals surface area (Å²) in [7, 11) is 0. The molecule has 0 saturated heterocycles. The summed E-state index contributed by atoms with van der Waals surface area (Å²) < 4.78 is 18.7. The molecule has 26 heavy (non-hydrogen) atoms. The summed E-state index contributed by atoms with van der Waals surface area (Å²) in [6, 6.07) is 10.8. The number of carbonyl (C=O) groups excluding carboxylic acids is 1. The molecule has 0 aromatic heterocycles. The first kappa shape index (κ1) is 19.7. The van der Waals surface area contributed by atoms with Crippen LogP contribution >= 0.6 is 11.6 Å². The number of halogens is 2. The fourth-order valence-corrected chi connectivity index (χ4v) is 2.70. The van der Waals surface area contributed by atoms with Gasteiger partial charge in [0.15, 0.2) is 6.04 Å². The standard InChI is InChI=1S/C19H19ClFNO4/c1-12(2)22(19(25)26-11-13-6-4-3-5-7-13)17(18(23)24)14-8-9-16(21)15(20)10-14/h3-10,12,17H,11H2,1-2H3,(H,23,24). The van der Waals surface area contributed by atoms with E-state index in [1.165, 1.54) is 12.1 Å². The molecular formula is C19H19ClFNO4. The van der Waals surface area contributed by atoms with Crippen molar-refractivity contribution in [3.63, 3.8) is 0 Å². The number of benzene rings is 2. The average molecular weight is 380 g/mol. The normalized spacial score (nSPS) is 11.9. The van der Waals surface area contributed by atoms with E-state index < -0.39 is 30.0 Å². The van der Waals surface area contributed by atoms with Gasteiger partial charge in [0.25, 0.3) is 0 Å². The van der Waals surface area contributed by atoms with Gasteiger partial charge in [0.1, 0.15) is 12.4 Å². The van der Waals surface area contributed by atoms with Crippen LogP contribution < -0.4 is 0 Å². The van der Waals surface area contributed by atoms with Crippen LogP contribution in [0.25, 0.3) is 0 Å². The molecule has 1 amide bonds. The molecule has 0 aliphatic carbocycles. The van der Waals surface area contributed by atoms with Crippen molar-refractivity contribution in [2.45, 2.75) is 32.5 Å². The van der Waals surface area contributed by atoms with Gasteiger partial charge in [-0.2, -0.15) is 0 Å². The minimum atomic E-state index is -1.35. The quantitative estimate of drug-likeness (QED) is 0.793. The van der Waals surface area contributed by atoms with Crippen LogP contribution in [0.15, 0.2) is 48.5 Å². The number of rotatable bonds is 6. The maximum Gasteiger partial charge on any atom is 0.411 e. The highest BCUT2D eigenvalue weighted by Crippen LogP contribution is 2.28. The van der Waals surface area contributed by atoms with Gasteiger partial charge in [-0.25, -0.2) is 14.0 Å². The molecule has 0 aliphatic rings. The second kappa shape index (κ2) is 8.67. The number of nitrogens with zero attached hydrogens (tertiary/aromatic N) is 1. The van der Waals surface area contributed by atoms with Crippen molar-refractivity contribution < 1.29 is 23.8 Å². The molecule has 7 heteroatoms. The van der Waals surface area contributed by atoms with Crippen molar-refractivity contribution in [2.24, 2.45) is 0 Å². The molecule has 0 bridgehead atoms. The lowest BCUT2D eigenvalue weighted by atomic mass is 10.0. The molecule has 0 heterocycles. The molecule has 5 nitrogen and oxygen atoms in total. The van der Waals surface area contributed by atoms with Crippen LogP contribution in [-0.2, 0) is 16.1 Å². The topological polar surface area (TPSA) is 66.8 Å². The minimum Gasteiger partial charge on any atom is -0.479 e. The van der Waals surface area contributed by atoms with E-state index in [1.54, 1.807) is 26.0 Å². The van der Waals surface area contributed by atoms with E-state index in [1.807, 2.05) is 18.2 Å². The zero-order chi connectivity index (χ0) is 19.3. The Balaban J connectivity index is 2.27. The molecule has 0 radical (unpaired) electrons. The summed E-state index contributed by atoms with van der Waals surface area (Å²) in [6.07, 6.45) is -0.781. The lowest BCUT2D eigenvalue weighted by Crippen LogP contribution is -2.43. The van der Waals surface area contributed by atoms with Gasteiger partial charge in [-0.1, -0.05) is 48.0 Å². The van der Waals surface area contributed by atoms with E-state index in [2.05, 4.69) is 0 Å². The van der Waals surface area contributed by atoms with Gasteiger partial charge in [0.2, 0.25) is 0 Å². The molecular weight excluding hydrogens is 361 g/mol. The molecule has 0 aliphatic heterocycles. The van der Waals surface area contributed by atoms with Crippen LogP contribution in [0.4, 0.5) is 9.18 Å². The predicted molar refractivity (Wildman–Crippen MR) is 95.4 cm³/mol. The number of amides is 1. The largest absolute Gasteiger partial charge is 0.479 e. The van der Waals surface area contributed by atoms with Crippen LogP contribution in [0.1, 0.15) is 31.0 Å². The SMILES string of the molecule is CC(C)N(C(=O)OCc1ccccc1)C(C(=O)O)c1ccc(F)c(Cl)c1. The maximum atomic E-state index is 13.4. The lowest BCUT2D eigenvalue weighted by molar-refractivity contribution is -0.143. The second-order valence-electron chi connectivity index (χ2n) is 5.96. The van der Waals surface area contributed by atoms with E-state index in [4.69, 9.17) is 16.3 Å². The Kier molecular flexibility index (Phi) is 6.58. The number of ether oxygens (including phenoxy) is 1. The number of carbonyl (C=O) groups is 2. The highest BCUT2D eigenvalue weighted by molar-refractivity contribution is 6.30. The van der Waals surface area contributed by atoms with Crippen LogP contribution in [0.5, 0.6) is 0 Å². The van der Waals surface area contributed by atoms with Crippen LogP contribution in [0.2, 0.25) is 5.02 Å². The molecule has 1 unspecified atom stereocenters. The van der Waals surface area contributed by atoms with E-state index >= 15 is 0 Å². The van der Waals surface area contributed by atoms with E-state index in [0.29, 0.717) is 0 Å². The van der Waals surface area contributed by atoms with Gasteiger partial charge in [0.05, 0.1) is 5.02 Å². The number of carboxylic acids is 1. The molecule has 1 N–H and O–H groups in total. The van der Waals surface area contributed by atoms with Crippen molar-refractivity contribution in [1.29, 1.82) is 0 Å². The first-order valence-corrected chi connectivity index (χ1v) is 8.35. The van der Waals surface area contributed by atoms with Gasteiger partial charge < -0.3 is 9.84 Å². The molecule has 2 rings (SSSR count). The fourth-order valence-electron chi connectivity index (χ4n) is 2.51. The van der Waals surface area contributed by atoms with E-state index in [0.717, 1.165) is 16.5 Å². The highest BCUT2D eigenvalue weighted by Gasteiger charge is 2.34. The third kappa shape index (κ3) is 4.73. The molecule has 0 fully saturated rings. The molecule has 2 aromatic carbocycles. The molecule has 0 spiro atoms. The van der Waals surface area contributed by atoms with E-state index in [9.17, 15) is 19.1 Å². The Labute approximate surface area is 156 Å². The van der Waals surface area contributed by atoms with Gasteiger partial charge >= 0.3 is 12.1 Å². The van der Waals surface area contributed by atoms with Gasteiger partial charge in [-0.15, -0.1) is 0 Å². The first-order valence-electron chi connectivity index (χ1n) is 7.98. The van der Waals surface area contributed by atoms with Gasteiger partial charge in [-0.05, 0) is 37.1 Å². The second-order valence-corrected chi connectivity index (χ2v) is 6.36. The highest BCUT2D eigenvalue weighted by atomic mass is 35.5. The number of hydrogen-bond donors (Lipinski definition) is 1. The molecule has 138 valence electrons. The Morgan fingerprint density at radius 2 is 1.85 bits per heavy atom. The van der Waals surface area contributed by atoms with Crippen LogP contribution in [0.3, 0.4) is 0 Å². The van der Waals surface area contributed by atoms with Crippen molar-refractivity contribution in [2.75, 3.05) is 0 Å². The van der Waals surface area contributed by atoms with Crippen LogP contribution in [-0.4, -0.2) is 28.1 Å². The summed E-state index contributed by atoms with van der Waals surface area (Å²) in [5, 5.41) is 9.44. The number of hydrogen-bond acceptors (Lipinski definition) is 3. The summed E-state index contributed by atoms with van der Waals surface area (Å²) >= 11 is 5.77. The first-order chi connectivity index (χ1) is 12.3. The smallest absolute Gasteiger partial charge is 0.411 e. The van der Waals surface area contributed by atoms with Crippen molar-refractivity contribution in [1.82, 2.24) is 4.90 Å². The van der Waals surface area contributed by atoms with E-state index in [-0.39, 0.29) is 17.2 Å². The van der Waals surface area contributed by atoms with Gasteiger partial charge in [0, 0.05) is 6.04 Å². The van der Waals surface area contributed by atoms with Crippen molar-refractivity contribution in [3.05, 3.63) is 70.5 Å². The Bertz CT molecular complexity index is 782. The fraction of sp³-hybridized carbons (Fsp3) is 0.263. The summed E-state index contributed by atoms with van der Waals surface area (Å²) in [5.74, 6) is -1.93. The predicted octanol–water partition coefficient (Wildman–Crippen LogP) is 4.65. The third-order valence-electron chi connectivity index (χ3n) is 3.74. The lowest BCUT2D eigenvalue weighted by Gasteiger charge is -2.32. The third-order valence-corrected chi connectivity index (χ3v) is 4.03. The Morgan fingerprint density at radius 3 is 2.38 bits per heavy atom. The Hall–Kier alpha value is -2.60. The average Bonchev–Trinajstić information content (AvgIpc) is 2.60. The molecule has 1 atom stereocenters. The maximum absolute atomic E-state index is 13.4. The molecule has 0 saturated carbocycles. The number of aliphatic carboxylic acids is 1. The zero-order valence-corrected chi connectivity index (χ0v) is 15.1. The Morgan fingerprint density at radius 1 is 1.19 bits per heavy atom. The zero-order valence-electron chi connectivity index (χ0n) is 14.4. The molecule has 2 aromatic rings. The number of carboxylic acid groups (broad SMARTS) is 1. The summed E-state index contributed by atoms with van der Waals surface area (Å²) in [4.78, 5) is 25.5. The van der Waals surface area contributed by atoms with Crippen molar-refractivity contribution >= 4 is 23.7 Å². The monoisotopic (exact) mass is 379 g/mol.